The maximum absolute atomic E-state index is 11.6. The highest BCUT2D eigenvalue weighted by Crippen LogP contribution is 2.31. The van der Waals surface area contributed by atoms with E-state index in [9.17, 15) is 13.0 Å². The van der Waals surface area contributed by atoms with E-state index in [1.165, 1.54) is 0 Å². The lowest BCUT2D eigenvalue weighted by molar-refractivity contribution is 0.410. The van der Waals surface area contributed by atoms with Crippen molar-refractivity contribution >= 4 is 10.1 Å². The molecule has 0 heterocycles. The third-order valence-corrected chi connectivity index (χ3v) is 3.76. The van der Waals surface area contributed by atoms with E-state index in [2.05, 4.69) is 20.8 Å². The van der Waals surface area contributed by atoms with Crippen molar-refractivity contribution in [1.82, 2.24) is 0 Å². The van der Waals surface area contributed by atoms with Gasteiger partial charge in [0.25, 0.3) is 10.1 Å². The zero-order valence-electron chi connectivity index (χ0n) is 12.6. The predicted octanol–water partition coefficient (Wildman–Crippen LogP) is 3.82. The number of hydrogen-bond donors (Lipinski definition) is 1. The van der Waals surface area contributed by atoms with Crippen LogP contribution < -0.4 is 0 Å². The Kier molecular flexibility index (Phi) is 4.18. The Morgan fingerprint density at radius 1 is 1.05 bits per heavy atom. The Morgan fingerprint density at radius 3 is 1.95 bits per heavy atom. The normalized spacial score (nSPS) is 13.6. The van der Waals surface area contributed by atoms with Gasteiger partial charge in [0.2, 0.25) is 0 Å². The van der Waals surface area contributed by atoms with E-state index in [0.717, 1.165) is 12.0 Å². The van der Waals surface area contributed by atoms with Gasteiger partial charge in [-0.25, -0.2) is 0 Å². The first-order valence-corrected chi connectivity index (χ1v) is 7.86. The molecule has 0 radical (unpaired) electrons. The lowest BCUT2D eigenvalue weighted by atomic mass is 9.84. The van der Waals surface area contributed by atoms with Gasteiger partial charge in [0.1, 0.15) is 0 Å². The molecule has 0 unspecified atom stereocenters. The van der Waals surface area contributed by atoms with Gasteiger partial charge in [-0.1, -0.05) is 53.7 Å². The molecule has 108 valence electrons. The van der Waals surface area contributed by atoms with Crippen molar-refractivity contribution in [2.75, 3.05) is 0 Å². The average molecular weight is 284 g/mol. The smallest absolute Gasteiger partial charge is 0.282 e. The number of benzene rings is 1. The third kappa shape index (κ3) is 4.62. The molecule has 0 amide bonds. The summed E-state index contributed by atoms with van der Waals surface area (Å²) in [5.74, 6) is 0. The highest BCUT2D eigenvalue weighted by molar-refractivity contribution is 7.85. The summed E-state index contributed by atoms with van der Waals surface area (Å²) in [5, 5.41) is 0. The van der Waals surface area contributed by atoms with Crippen molar-refractivity contribution in [3.8, 4) is 0 Å². The molecule has 0 fully saturated rings. The Labute approximate surface area is 116 Å². The summed E-state index contributed by atoms with van der Waals surface area (Å²) in [5.41, 5.74) is 1.31. The summed E-state index contributed by atoms with van der Waals surface area (Å²) in [7, 11) is -4.19. The fourth-order valence-electron chi connectivity index (χ4n) is 2.12. The van der Waals surface area contributed by atoms with E-state index >= 15 is 0 Å². The van der Waals surface area contributed by atoms with Crippen molar-refractivity contribution in [2.45, 2.75) is 58.3 Å². The topological polar surface area (TPSA) is 54.4 Å². The minimum atomic E-state index is -4.19. The summed E-state index contributed by atoms with van der Waals surface area (Å²) in [6.45, 7) is 12.1. The van der Waals surface area contributed by atoms with Crippen molar-refractivity contribution in [2.24, 2.45) is 5.41 Å². The molecule has 3 nitrogen and oxygen atoms in total. The second kappa shape index (κ2) is 4.91. The highest BCUT2D eigenvalue weighted by Gasteiger charge is 2.25. The molecule has 1 aromatic carbocycles. The fraction of sp³-hybridized carbons (Fsp3) is 0.600. The minimum Gasteiger partial charge on any atom is -0.282 e. The molecule has 0 saturated heterocycles. The zero-order chi connectivity index (χ0) is 15.1. The molecule has 1 N–H and O–H groups in total. The lowest BCUT2D eigenvalue weighted by Crippen LogP contribution is -2.18. The maximum atomic E-state index is 11.6. The first kappa shape index (κ1) is 16.2. The molecule has 0 aliphatic heterocycles. The van der Waals surface area contributed by atoms with Crippen LogP contribution in [0.1, 0.15) is 52.7 Å². The van der Waals surface area contributed by atoms with Crippen LogP contribution in [0.3, 0.4) is 0 Å². The van der Waals surface area contributed by atoms with Gasteiger partial charge in [0.05, 0.1) is 4.90 Å². The molecule has 19 heavy (non-hydrogen) atoms. The molecular formula is C15H24O3S. The van der Waals surface area contributed by atoms with Crippen LogP contribution in [0.2, 0.25) is 0 Å². The van der Waals surface area contributed by atoms with Crippen LogP contribution in [0.25, 0.3) is 0 Å². The molecule has 0 atom stereocenters. The van der Waals surface area contributed by atoms with Crippen LogP contribution in [0.15, 0.2) is 23.1 Å². The quantitative estimate of drug-likeness (QED) is 0.840. The van der Waals surface area contributed by atoms with Gasteiger partial charge in [0, 0.05) is 0 Å². The maximum Gasteiger partial charge on any atom is 0.294 e. The summed E-state index contributed by atoms with van der Waals surface area (Å²) < 4.78 is 32.6. The van der Waals surface area contributed by atoms with Crippen LogP contribution >= 0.6 is 0 Å². The van der Waals surface area contributed by atoms with Gasteiger partial charge >= 0.3 is 0 Å². The SMILES string of the molecule is CC(C)(C)Cc1ccc(C(C)(C)C)c(S(=O)(=O)O)c1. The van der Waals surface area contributed by atoms with Crippen LogP contribution in [0.4, 0.5) is 0 Å². The molecule has 4 heteroatoms. The molecule has 1 aromatic rings. The lowest BCUT2D eigenvalue weighted by Gasteiger charge is -2.24. The van der Waals surface area contributed by atoms with Gasteiger partial charge in [-0.05, 0) is 34.4 Å². The number of hydrogen-bond acceptors (Lipinski definition) is 2. The first-order valence-electron chi connectivity index (χ1n) is 6.42. The highest BCUT2D eigenvalue weighted by atomic mass is 32.2. The molecule has 0 bridgehead atoms. The molecular weight excluding hydrogens is 260 g/mol. The summed E-state index contributed by atoms with van der Waals surface area (Å²) in [6, 6.07) is 5.35. The van der Waals surface area contributed by atoms with Gasteiger partial charge in [-0.2, -0.15) is 8.42 Å². The van der Waals surface area contributed by atoms with Gasteiger partial charge in [0.15, 0.2) is 0 Å². The van der Waals surface area contributed by atoms with Gasteiger partial charge < -0.3 is 0 Å². The fourth-order valence-corrected chi connectivity index (χ4v) is 3.07. The standard InChI is InChI=1S/C15H24O3S/c1-14(2,3)10-11-7-8-12(15(4,5)6)13(9-11)19(16,17)18/h7-9H,10H2,1-6H3,(H,16,17,18). The largest absolute Gasteiger partial charge is 0.294 e. The molecule has 1 rings (SSSR count). The van der Waals surface area contributed by atoms with E-state index in [0.29, 0.717) is 5.56 Å². The van der Waals surface area contributed by atoms with E-state index < -0.39 is 10.1 Å². The van der Waals surface area contributed by atoms with Crippen LogP contribution in [-0.2, 0) is 22.0 Å². The third-order valence-electron chi connectivity index (χ3n) is 2.87. The minimum absolute atomic E-state index is 0.0294. The van der Waals surface area contributed by atoms with E-state index in [1.807, 2.05) is 32.9 Å². The van der Waals surface area contributed by atoms with Crippen molar-refractivity contribution in [3.05, 3.63) is 29.3 Å². The van der Waals surface area contributed by atoms with Crippen LogP contribution in [0, 0.1) is 5.41 Å². The van der Waals surface area contributed by atoms with E-state index in [4.69, 9.17) is 0 Å². The average Bonchev–Trinajstić information content (AvgIpc) is 2.11. The predicted molar refractivity (Wildman–Crippen MR) is 78.1 cm³/mol. The molecule has 0 spiro atoms. The molecule has 0 saturated carbocycles. The molecule has 0 aliphatic rings. The second-order valence-corrected chi connectivity index (χ2v) is 8.68. The zero-order valence-corrected chi connectivity index (χ0v) is 13.4. The van der Waals surface area contributed by atoms with Crippen LogP contribution in [0.5, 0.6) is 0 Å². The van der Waals surface area contributed by atoms with Gasteiger partial charge in [-0.15, -0.1) is 0 Å². The Hall–Kier alpha value is -0.870. The summed E-state index contributed by atoms with van der Waals surface area (Å²) in [4.78, 5) is 0.0294. The second-order valence-electron chi connectivity index (χ2n) is 7.29. The summed E-state index contributed by atoms with van der Waals surface area (Å²) >= 11 is 0. The van der Waals surface area contributed by atoms with Crippen molar-refractivity contribution < 1.29 is 13.0 Å². The summed E-state index contributed by atoms with van der Waals surface area (Å²) in [6.07, 6.45) is 0.764. The van der Waals surface area contributed by atoms with E-state index in [1.54, 1.807) is 6.07 Å². The Balaban J connectivity index is 3.41. The molecule has 0 aromatic heterocycles. The molecule has 0 aliphatic carbocycles. The first-order chi connectivity index (χ1) is 8.31. The van der Waals surface area contributed by atoms with Gasteiger partial charge in [-0.3, -0.25) is 4.55 Å². The monoisotopic (exact) mass is 284 g/mol. The Bertz CT molecular complexity index is 558. The van der Waals surface area contributed by atoms with Crippen molar-refractivity contribution in [3.63, 3.8) is 0 Å². The van der Waals surface area contributed by atoms with Crippen LogP contribution in [-0.4, -0.2) is 13.0 Å². The Morgan fingerprint density at radius 2 is 1.58 bits per heavy atom. The van der Waals surface area contributed by atoms with E-state index in [-0.39, 0.29) is 15.7 Å². The van der Waals surface area contributed by atoms with Crippen molar-refractivity contribution in [1.29, 1.82) is 0 Å². The number of rotatable bonds is 2.